The van der Waals surface area contributed by atoms with Gasteiger partial charge in [0.05, 0.1) is 23.6 Å². The number of hydrogen-bond donors (Lipinski definition) is 1. The van der Waals surface area contributed by atoms with Gasteiger partial charge in [-0.25, -0.2) is 4.39 Å². The van der Waals surface area contributed by atoms with Crippen LogP contribution in [-0.2, 0) is 4.79 Å². The number of ether oxygens (including phenoxy) is 2. The van der Waals surface area contributed by atoms with Crippen LogP contribution in [-0.4, -0.2) is 48.0 Å². The average molecular weight is 468 g/mol. The second kappa shape index (κ2) is 8.71. The Morgan fingerprint density at radius 2 is 2.09 bits per heavy atom. The van der Waals surface area contributed by atoms with E-state index >= 15 is 0 Å². The number of nitrogens with zero attached hydrogens (tertiary/aromatic N) is 2. The molecule has 1 fully saturated rings. The normalized spacial score (nSPS) is 15.2. The van der Waals surface area contributed by atoms with Crippen LogP contribution in [0.15, 0.2) is 54.7 Å². The number of carbonyl (C=O) groups excluding carboxylic acids is 2. The van der Waals surface area contributed by atoms with Gasteiger partial charge in [0.2, 0.25) is 0 Å². The van der Waals surface area contributed by atoms with Crippen molar-refractivity contribution >= 4 is 29.1 Å². The lowest BCUT2D eigenvalue weighted by Gasteiger charge is -2.39. The van der Waals surface area contributed by atoms with Gasteiger partial charge in [0.25, 0.3) is 11.8 Å². The molecule has 0 bridgehead atoms. The summed E-state index contributed by atoms with van der Waals surface area (Å²) < 4.78 is 25.7. The SMILES string of the molecule is O=C1COc2cc(F)c(C(=O)N3CC(COc4ccc(Cl)cc4-c4ccccn4)C3)cc2N1. The van der Waals surface area contributed by atoms with Gasteiger partial charge < -0.3 is 19.7 Å². The van der Waals surface area contributed by atoms with Crippen LogP contribution in [0.5, 0.6) is 11.5 Å². The fraction of sp³-hybridized carbons (Fsp3) is 0.208. The van der Waals surface area contributed by atoms with Gasteiger partial charge >= 0.3 is 0 Å². The summed E-state index contributed by atoms with van der Waals surface area (Å²) in [5.74, 6) is -0.502. The summed E-state index contributed by atoms with van der Waals surface area (Å²) in [6.07, 6.45) is 1.70. The first-order chi connectivity index (χ1) is 16.0. The zero-order valence-corrected chi connectivity index (χ0v) is 18.1. The van der Waals surface area contributed by atoms with Crippen molar-refractivity contribution in [1.82, 2.24) is 9.88 Å². The fourth-order valence-corrected chi connectivity index (χ4v) is 4.01. The van der Waals surface area contributed by atoms with Crippen molar-refractivity contribution in [3.8, 4) is 22.8 Å². The Bertz CT molecular complexity index is 1230. The summed E-state index contributed by atoms with van der Waals surface area (Å²) in [5.41, 5.74) is 1.73. The first-order valence-electron chi connectivity index (χ1n) is 10.4. The van der Waals surface area contributed by atoms with Crippen molar-refractivity contribution in [2.75, 3.05) is 31.6 Å². The van der Waals surface area contributed by atoms with Gasteiger partial charge in [-0.1, -0.05) is 17.7 Å². The van der Waals surface area contributed by atoms with E-state index in [2.05, 4.69) is 10.3 Å². The van der Waals surface area contributed by atoms with Gasteiger partial charge in [0, 0.05) is 41.9 Å². The van der Waals surface area contributed by atoms with Gasteiger partial charge in [-0.15, -0.1) is 0 Å². The molecular weight excluding hydrogens is 449 g/mol. The van der Waals surface area contributed by atoms with Crippen molar-refractivity contribution in [2.45, 2.75) is 0 Å². The van der Waals surface area contributed by atoms with Gasteiger partial charge in [-0.3, -0.25) is 14.6 Å². The van der Waals surface area contributed by atoms with E-state index in [-0.39, 0.29) is 29.7 Å². The van der Waals surface area contributed by atoms with E-state index in [4.69, 9.17) is 21.1 Å². The van der Waals surface area contributed by atoms with Crippen molar-refractivity contribution in [3.63, 3.8) is 0 Å². The van der Waals surface area contributed by atoms with Crippen LogP contribution in [0.4, 0.5) is 10.1 Å². The Hall–Kier alpha value is -3.65. The minimum absolute atomic E-state index is 0.102. The first kappa shape index (κ1) is 21.2. The lowest BCUT2D eigenvalue weighted by Crippen LogP contribution is -2.52. The van der Waals surface area contributed by atoms with Crippen molar-refractivity contribution in [3.05, 3.63) is 71.1 Å². The number of aromatic nitrogens is 1. The predicted molar refractivity (Wildman–Crippen MR) is 120 cm³/mol. The summed E-state index contributed by atoms with van der Waals surface area (Å²) in [7, 11) is 0. The minimum Gasteiger partial charge on any atom is -0.492 e. The molecule has 2 amide bonds. The molecule has 9 heteroatoms. The quantitative estimate of drug-likeness (QED) is 0.613. The summed E-state index contributed by atoms with van der Waals surface area (Å²) in [4.78, 5) is 30.2. The van der Waals surface area contributed by atoms with Crippen LogP contribution in [0, 0.1) is 11.7 Å². The molecule has 0 spiro atoms. The lowest BCUT2D eigenvalue weighted by atomic mass is 9.99. The highest BCUT2D eigenvalue weighted by molar-refractivity contribution is 6.31. The van der Waals surface area contributed by atoms with Gasteiger partial charge in [-0.05, 0) is 36.4 Å². The molecule has 3 heterocycles. The zero-order chi connectivity index (χ0) is 22.9. The number of benzene rings is 2. The molecule has 1 saturated heterocycles. The number of nitrogens with one attached hydrogen (secondary N) is 1. The third-order valence-electron chi connectivity index (χ3n) is 5.53. The number of carbonyl (C=O) groups is 2. The standard InChI is InChI=1S/C24H19ClFN3O4/c25-15-4-5-21(17(7-15)19-3-1-2-6-27-19)32-12-14-10-29(11-14)24(31)16-8-20-22(9-18(16)26)33-13-23(30)28-20/h1-9,14H,10-13H2,(H,28,30). The van der Waals surface area contributed by atoms with Crippen LogP contribution >= 0.6 is 11.6 Å². The second-order valence-electron chi connectivity index (χ2n) is 7.91. The summed E-state index contributed by atoms with van der Waals surface area (Å²) >= 11 is 6.16. The lowest BCUT2D eigenvalue weighted by molar-refractivity contribution is -0.118. The molecule has 33 heavy (non-hydrogen) atoms. The molecule has 0 atom stereocenters. The van der Waals surface area contributed by atoms with E-state index in [0.717, 1.165) is 17.3 Å². The largest absolute Gasteiger partial charge is 0.492 e. The maximum atomic E-state index is 14.5. The highest BCUT2D eigenvalue weighted by Crippen LogP contribution is 2.34. The minimum atomic E-state index is -0.684. The van der Waals surface area contributed by atoms with E-state index in [1.807, 2.05) is 18.2 Å². The molecular formula is C24H19ClFN3O4. The highest BCUT2D eigenvalue weighted by atomic mass is 35.5. The summed E-state index contributed by atoms with van der Waals surface area (Å²) in [6, 6.07) is 13.4. The third kappa shape index (κ3) is 4.34. The number of fused-ring (bicyclic) bond motifs is 1. The number of halogens is 2. The van der Waals surface area contributed by atoms with Crippen molar-refractivity contribution in [1.29, 1.82) is 0 Å². The topological polar surface area (TPSA) is 80.8 Å². The van der Waals surface area contributed by atoms with E-state index in [0.29, 0.717) is 36.2 Å². The molecule has 5 rings (SSSR count). The Morgan fingerprint density at radius 3 is 2.88 bits per heavy atom. The number of amides is 2. The van der Waals surface area contributed by atoms with Crippen molar-refractivity contribution in [2.24, 2.45) is 5.92 Å². The second-order valence-corrected chi connectivity index (χ2v) is 8.34. The number of pyridine rings is 1. The summed E-state index contributed by atoms with van der Waals surface area (Å²) in [6.45, 7) is 1.08. The molecule has 2 aliphatic heterocycles. The van der Waals surface area contributed by atoms with E-state index in [9.17, 15) is 14.0 Å². The number of hydrogen-bond acceptors (Lipinski definition) is 5. The average Bonchev–Trinajstić information content (AvgIpc) is 2.79. The molecule has 0 aliphatic carbocycles. The van der Waals surface area contributed by atoms with Gasteiger partial charge in [0.1, 0.15) is 17.3 Å². The van der Waals surface area contributed by atoms with Gasteiger partial charge in [0.15, 0.2) is 6.61 Å². The van der Waals surface area contributed by atoms with Crippen LogP contribution < -0.4 is 14.8 Å². The maximum absolute atomic E-state index is 14.5. The van der Waals surface area contributed by atoms with Crippen molar-refractivity contribution < 1.29 is 23.5 Å². The molecule has 168 valence electrons. The fourth-order valence-electron chi connectivity index (χ4n) is 3.83. The molecule has 0 unspecified atom stereocenters. The Morgan fingerprint density at radius 1 is 1.24 bits per heavy atom. The summed E-state index contributed by atoms with van der Waals surface area (Å²) in [5, 5.41) is 3.17. The van der Waals surface area contributed by atoms with Gasteiger partial charge in [-0.2, -0.15) is 0 Å². The van der Waals surface area contributed by atoms with Crippen LogP contribution in [0.1, 0.15) is 10.4 Å². The first-order valence-corrected chi connectivity index (χ1v) is 10.7. The Kier molecular flexibility index (Phi) is 5.60. The van der Waals surface area contributed by atoms with Crippen LogP contribution in [0.2, 0.25) is 5.02 Å². The Balaban J connectivity index is 1.22. The molecule has 1 N–H and O–H groups in total. The molecule has 0 saturated carbocycles. The zero-order valence-electron chi connectivity index (χ0n) is 17.4. The molecule has 7 nitrogen and oxygen atoms in total. The highest BCUT2D eigenvalue weighted by Gasteiger charge is 2.34. The molecule has 1 aromatic heterocycles. The number of anilines is 1. The third-order valence-corrected chi connectivity index (χ3v) is 5.77. The number of rotatable bonds is 5. The number of likely N-dealkylation sites (tertiary alicyclic amines) is 1. The van der Waals surface area contributed by atoms with Crippen LogP contribution in [0.3, 0.4) is 0 Å². The molecule has 3 aromatic rings. The molecule has 2 aliphatic rings. The smallest absolute Gasteiger partial charge is 0.262 e. The maximum Gasteiger partial charge on any atom is 0.262 e. The predicted octanol–water partition coefficient (Wildman–Crippen LogP) is 4.02. The Labute approximate surface area is 194 Å². The van der Waals surface area contributed by atoms with E-state index in [1.54, 1.807) is 29.3 Å². The monoisotopic (exact) mass is 467 g/mol. The van der Waals surface area contributed by atoms with E-state index in [1.165, 1.54) is 6.07 Å². The van der Waals surface area contributed by atoms with E-state index < -0.39 is 11.7 Å². The van der Waals surface area contributed by atoms with Crippen LogP contribution in [0.25, 0.3) is 11.3 Å². The molecule has 0 radical (unpaired) electrons. The molecule has 2 aromatic carbocycles.